The second-order valence-electron chi connectivity index (χ2n) is 6.31. The Balaban J connectivity index is 1.33. The van der Waals surface area contributed by atoms with Gasteiger partial charge in [0.15, 0.2) is 17.3 Å². The number of aryl methyl sites for hydroxylation is 1. The van der Waals surface area contributed by atoms with Crippen LogP contribution in [0.5, 0.6) is 17.2 Å². The first-order chi connectivity index (χ1) is 12.7. The van der Waals surface area contributed by atoms with Crippen LogP contribution >= 0.6 is 0 Å². The maximum Gasteiger partial charge on any atom is 0.231 e. The van der Waals surface area contributed by atoms with Crippen LogP contribution < -0.4 is 9.47 Å². The molecule has 0 radical (unpaired) electrons. The summed E-state index contributed by atoms with van der Waals surface area (Å²) in [5.74, 6) is 1.78. The van der Waals surface area contributed by atoms with Crippen LogP contribution in [0.2, 0.25) is 0 Å². The first-order valence-electron chi connectivity index (χ1n) is 8.58. The summed E-state index contributed by atoms with van der Waals surface area (Å²) in [7, 11) is 0. The molecule has 0 unspecified atom stereocenters. The zero-order chi connectivity index (χ0) is 17.9. The Morgan fingerprint density at radius 2 is 2.04 bits per heavy atom. The number of allylic oxidation sites excluding steroid dienone is 1. The maximum absolute atomic E-state index is 12.1. The molecule has 26 heavy (non-hydrogen) atoms. The van der Waals surface area contributed by atoms with Crippen LogP contribution in [-0.4, -0.2) is 22.7 Å². The summed E-state index contributed by atoms with van der Waals surface area (Å²) in [6.07, 6.45) is 7.37. The Kier molecular flexibility index (Phi) is 4.35. The number of hydrogen-bond donors (Lipinski definition) is 2. The average molecular weight is 349 g/mol. The number of carbonyl (C=O) groups is 1. The fourth-order valence-corrected chi connectivity index (χ4v) is 3.12. The molecule has 0 amide bonds. The van der Waals surface area contributed by atoms with Gasteiger partial charge in [-0.3, -0.25) is 4.79 Å². The van der Waals surface area contributed by atoms with Crippen molar-refractivity contribution in [3.8, 4) is 17.2 Å². The number of H-pyrrole nitrogens is 1. The molecule has 2 N–H and O–H groups in total. The van der Waals surface area contributed by atoms with E-state index in [0.29, 0.717) is 12.2 Å². The summed E-state index contributed by atoms with van der Waals surface area (Å²) in [6.45, 7) is 0.243. The van der Waals surface area contributed by atoms with Gasteiger partial charge in [0.05, 0.1) is 0 Å². The summed E-state index contributed by atoms with van der Waals surface area (Å²) in [6, 6.07) is 10.9. The van der Waals surface area contributed by atoms with Gasteiger partial charge in [0, 0.05) is 23.5 Å². The molecule has 132 valence electrons. The normalized spacial score (nSPS) is 12.9. The lowest BCUT2D eigenvalue weighted by atomic mass is 10.0. The summed E-state index contributed by atoms with van der Waals surface area (Å²) in [4.78, 5) is 15.3. The number of carbonyl (C=O) groups excluding carboxylic acids is 1. The van der Waals surface area contributed by atoms with Gasteiger partial charge in [0.2, 0.25) is 6.79 Å². The van der Waals surface area contributed by atoms with Crippen molar-refractivity contribution in [1.82, 2.24) is 4.98 Å². The number of phenols is 1. The third kappa shape index (κ3) is 3.42. The lowest BCUT2D eigenvalue weighted by Gasteiger charge is -2.00. The number of fused-ring (bicyclic) bond motifs is 2. The average Bonchev–Trinajstić information content (AvgIpc) is 3.26. The summed E-state index contributed by atoms with van der Waals surface area (Å²) < 4.78 is 10.6. The van der Waals surface area contributed by atoms with Gasteiger partial charge in [0.25, 0.3) is 0 Å². The van der Waals surface area contributed by atoms with Gasteiger partial charge in [-0.2, -0.15) is 0 Å². The topological polar surface area (TPSA) is 71.5 Å². The van der Waals surface area contributed by atoms with Crippen molar-refractivity contribution in [2.75, 3.05) is 6.79 Å². The van der Waals surface area contributed by atoms with Gasteiger partial charge < -0.3 is 19.6 Å². The highest BCUT2D eigenvalue weighted by Gasteiger charge is 2.12. The number of hydrogen-bond acceptors (Lipinski definition) is 4. The lowest BCUT2D eigenvalue weighted by molar-refractivity contribution is -0.114. The first-order valence-corrected chi connectivity index (χ1v) is 8.58. The van der Waals surface area contributed by atoms with E-state index in [4.69, 9.17) is 9.47 Å². The summed E-state index contributed by atoms with van der Waals surface area (Å²) in [5, 5.41) is 10.6. The summed E-state index contributed by atoms with van der Waals surface area (Å²) in [5.41, 5.74) is 3.02. The van der Waals surface area contributed by atoms with Crippen molar-refractivity contribution >= 4 is 22.8 Å². The number of nitrogens with one attached hydrogen (secondary N) is 1. The smallest absolute Gasteiger partial charge is 0.231 e. The molecule has 5 heteroatoms. The van der Waals surface area contributed by atoms with Crippen molar-refractivity contribution in [2.24, 2.45) is 0 Å². The minimum Gasteiger partial charge on any atom is -0.508 e. The highest BCUT2D eigenvalue weighted by molar-refractivity contribution is 5.93. The van der Waals surface area contributed by atoms with E-state index in [2.05, 4.69) is 4.98 Å². The van der Waals surface area contributed by atoms with Crippen LogP contribution in [0.4, 0.5) is 0 Å². The number of benzene rings is 2. The monoisotopic (exact) mass is 349 g/mol. The Morgan fingerprint density at radius 3 is 2.96 bits per heavy atom. The van der Waals surface area contributed by atoms with E-state index in [-0.39, 0.29) is 18.3 Å². The third-order valence-electron chi connectivity index (χ3n) is 4.48. The number of rotatable bonds is 6. The van der Waals surface area contributed by atoms with Crippen LogP contribution in [-0.2, 0) is 11.2 Å². The molecule has 2 aromatic carbocycles. The Labute approximate surface area is 150 Å². The Bertz CT molecular complexity index is 987. The molecule has 0 atom stereocenters. The summed E-state index contributed by atoms with van der Waals surface area (Å²) >= 11 is 0. The number of ether oxygens (including phenoxy) is 2. The minimum atomic E-state index is 0.0883. The van der Waals surface area contributed by atoms with Crippen LogP contribution in [0.25, 0.3) is 17.0 Å². The quantitative estimate of drug-likeness (QED) is 0.654. The molecule has 0 fully saturated rings. The molecule has 5 nitrogen and oxygen atoms in total. The molecule has 0 aliphatic carbocycles. The predicted molar refractivity (Wildman–Crippen MR) is 99.5 cm³/mol. The van der Waals surface area contributed by atoms with Crippen molar-refractivity contribution in [3.05, 3.63) is 59.8 Å². The van der Waals surface area contributed by atoms with E-state index < -0.39 is 0 Å². The fourth-order valence-electron chi connectivity index (χ4n) is 3.12. The van der Waals surface area contributed by atoms with Crippen molar-refractivity contribution < 1.29 is 19.4 Å². The van der Waals surface area contributed by atoms with Crippen molar-refractivity contribution in [2.45, 2.75) is 19.3 Å². The molecule has 0 saturated carbocycles. The standard InChI is InChI=1S/C21H19NO4/c23-16(6-4-14-5-9-20-21(10-14)26-13-25-20)3-1-2-15-12-22-19-8-7-17(24)11-18(15)19/h4-12,22,24H,1-3,13H2/b6-4+. The zero-order valence-corrected chi connectivity index (χ0v) is 14.2. The largest absolute Gasteiger partial charge is 0.508 e. The first kappa shape index (κ1) is 16.3. The molecule has 1 aliphatic rings. The van der Waals surface area contributed by atoms with Crippen LogP contribution in [0.15, 0.2) is 48.7 Å². The molecule has 3 aromatic rings. The molecule has 0 saturated heterocycles. The van der Waals surface area contributed by atoms with Crippen LogP contribution in [0, 0.1) is 0 Å². The molecular weight excluding hydrogens is 330 g/mol. The number of ketones is 1. The zero-order valence-electron chi connectivity index (χ0n) is 14.2. The molecular formula is C21H19NO4. The molecule has 1 aliphatic heterocycles. The van der Waals surface area contributed by atoms with Crippen molar-refractivity contribution in [3.63, 3.8) is 0 Å². The SMILES string of the molecule is O=C(/C=C/c1ccc2c(c1)OCO2)CCCc1c[nH]c2ccc(O)cc12. The third-order valence-corrected chi connectivity index (χ3v) is 4.48. The molecule has 1 aromatic heterocycles. The number of aromatic hydroxyl groups is 1. The van der Waals surface area contributed by atoms with Gasteiger partial charge in [-0.05, 0) is 60.4 Å². The number of aromatic amines is 1. The molecule has 4 rings (SSSR count). The van der Waals surface area contributed by atoms with E-state index in [1.54, 1.807) is 24.3 Å². The second-order valence-corrected chi connectivity index (χ2v) is 6.31. The van der Waals surface area contributed by atoms with Gasteiger partial charge in [-0.1, -0.05) is 12.1 Å². The van der Waals surface area contributed by atoms with Gasteiger partial charge in [-0.25, -0.2) is 0 Å². The Hall–Kier alpha value is -3.21. The Morgan fingerprint density at radius 1 is 1.15 bits per heavy atom. The van der Waals surface area contributed by atoms with Gasteiger partial charge >= 0.3 is 0 Å². The van der Waals surface area contributed by atoms with E-state index in [1.165, 1.54) is 0 Å². The maximum atomic E-state index is 12.1. The van der Waals surface area contributed by atoms with Crippen molar-refractivity contribution in [1.29, 1.82) is 0 Å². The van der Waals surface area contributed by atoms with E-state index in [0.717, 1.165) is 40.6 Å². The minimum absolute atomic E-state index is 0.0883. The molecule has 0 bridgehead atoms. The van der Waals surface area contributed by atoms with Crippen LogP contribution in [0.3, 0.4) is 0 Å². The lowest BCUT2D eigenvalue weighted by Crippen LogP contribution is -1.94. The highest BCUT2D eigenvalue weighted by Crippen LogP contribution is 2.32. The van der Waals surface area contributed by atoms with Gasteiger partial charge in [-0.15, -0.1) is 0 Å². The van der Waals surface area contributed by atoms with E-state index in [9.17, 15) is 9.90 Å². The molecule has 0 spiro atoms. The second kappa shape index (κ2) is 6.96. The van der Waals surface area contributed by atoms with E-state index in [1.807, 2.05) is 30.5 Å². The van der Waals surface area contributed by atoms with Crippen LogP contribution in [0.1, 0.15) is 24.0 Å². The fraction of sp³-hybridized carbons (Fsp3) is 0.190. The molecule has 2 heterocycles. The predicted octanol–water partition coefficient (Wildman–Crippen LogP) is 4.21. The number of aromatic nitrogens is 1. The highest BCUT2D eigenvalue weighted by atomic mass is 16.7. The van der Waals surface area contributed by atoms with Gasteiger partial charge in [0.1, 0.15) is 5.75 Å². The van der Waals surface area contributed by atoms with E-state index >= 15 is 0 Å². The number of phenolic OH excluding ortho intramolecular Hbond substituents is 1.